The molecule has 0 radical (unpaired) electrons. The summed E-state index contributed by atoms with van der Waals surface area (Å²) in [6.07, 6.45) is 0. The molecular formula is C18H11Cl5N2O2. The van der Waals surface area contributed by atoms with Crippen molar-refractivity contribution in [2.24, 2.45) is 0 Å². The van der Waals surface area contributed by atoms with Gasteiger partial charge in [-0.15, -0.1) is 0 Å². The van der Waals surface area contributed by atoms with Crippen molar-refractivity contribution in [2.45, 2.75) is 0 Å². The van der Waals surface area contributed by atoms with Crippen LogP contribution in [0.3, 0.4) is 0 Å². The van der Waals surface area contributed by atoms with Crippen molar-refractivity contribution >= 4 is 69.4 Å². The summed E-state index contributed by atoms with van der Waals surface area (Å²) in [5.74, 6) is 0.856. The van der Waals surface area contributed by atoms with Crippen LogP contribution < -0.4 is 20.9 Å². The van der Waals surface area contributed by atoms with Crippen LogP contribution in [0.4, 0.5) is 11.4 Å². The Bertz CT molecular complexity index is 949. The molecule has 0 aromatic heterocycles. The summed E-state index contributed by atoms with van der Waals surface area (Å²) in [4.78, 5) is 0. The van der Waals surface area contributed by atoms with E-state index in [9.17, 15) is 0 Å². The van der Waals surface area contributed by atoms with Crippen LogP contribution in [0.1, 0.15) is 0 Å². The topological polar surface area (TPSA) is 70.5 Å². The predicted octanol–water partition coefficient (Wildman–Crippen LogP) is 7.70. The van der Waals surface area contributed by atoms with Crippen molar-refractivity contribution in [1.82, 2.24) is 0 Å². The zero-order valence-corrected chi connectivity index (χ0v) is 17.2. The van der Waals surface area contributed by atoms with Gasteiger partial charge in [0.2, 0.25) is 0 Å². The second-order valence-corrected chi connectivity index (χ2v) is 7.28. The maximum Gasteiger partial charge on any atom is 0.166 e. The molecule has 0 spiro atoms. The molecule has 0 aliphatic heterocycles. The third kappa shape index (κ3) is 4.10. The zero-order chi connectivity index (χ0) is 19.7. The molecule has 0 saturated carbocycles. The fraction of sp³-hybridized carbons (Fsp3) is 0. The Hall–Kier alpha value is -1.69. The highest BCUT2D eigenvalue weighted by atomic mass is 35.5. The van der Waals surface area contributed by atoms with Crippen LogP contribution >= 0.6 is 58.0 Å². The number of nitrogens with two attached hydrogens (primary N) is 2. The molecule has 0 bridgehead atoms. The molecule has 9 heteroatoms. The van der Waals surface area contributed by atoms with Crippen LogP contribution in [0.15, 0.2) is 42.5 Å². The van der Waals surface area contributed by atoms with Gasteiger partial charge in [-0.25, -0.2) is 0 Å². The number of hydrogen-bond acceptors (Lipinski definition) is 4. The molecule has 0 saturated heterocycles. The van der Waals surface area contributed by atoms with E-state index in [1.807, 2.05) is 0 Å². The molecule has 3 rings (SSSR count). The molecule has 0 aliphatic rings. The maximum atomic E-state index is 6.41. The van der Waals surface area contributed by atoms with Gasteiger partial charge in [-0.3, -0.25) is 0 Å². The van der Waals surface area contributed by atoms with Gasteiger partial charge in [-0.05, 0) is 36.4 Å². The van der Waals surface area contributed by atoms with Crippen LogP contribution in [0.2, 0.25) is 25.1 Å². The lowest BCUT2D eigenvalue weighted by molar-refractivity contribution is 0.461. The summed E-state index contributed by atoms with van der Waals surface area (Å²) in [6.45, 7) is 0. The lowest BCUT2D eigenvalue weighted by atomic mass is 10.2. The van der Waals surface area contributed by atoms with Crippen LogP contribution in [0.25, 0.3) is 0 Å². The van der Waals surface area contributed by atoms with E-state index in [1.165, 1.54) is 0 Å². The van der Waals surface area contributed by atoms with Gasteiger partial charge in [0.05, 0.1) is 21.4 Å². The molecule has 3 aromatic rings. The average Bonchev–Trinajstić information content (AvgIpc) is 2.64. The van der Waals surface area contributed by atoms with Crippen molar-refractivity contribution in [3.05, 3.63) is 67.6 Å². The molecule has 140 valence electrons. The summed E-state index contributed by atoms with van der Waals surface area (Å²) < 4.78 is 11.5. The van der Waals surface area contributed by atoms with E-state index >= 15 is 0 Å². The number of anilines is 2. The van der Waals surface area contributed by atoms with Gasteiger partial charge < -0.3 is 20.9 Å². The van der Waals surface area contributed by atoms with Crippen molar-refractivity contribution in [3.63, 3.8) is 0 Å². The van der Waals surface area contributed by atoms with Gasteiger partial charge in [0, 0.05) is 0 Å². The Labute approximate surface area is 180 Å². The Balaban J connectivity index is 1.99. The Morgan fingerprint density at radius 3 is 1.37 bits per heavy atom. The Kier molecular flexibility index (Phi) is 6.04. The van der Waals surface area contributed by atoms with Crippen molar-refractivity contribution in [1.29, 1.82) is 0 Å². The minimum Gasteiger partial charge on any atom is -0.452 e. The van der Waals surface area contributed by atoms with E-state index in [2.05, 4.69) is 0 Å². The minimum atomic E-state index is 0.154. The quantitative estimate of drug-likeness (QED) is 0.388. The summed E-state index contributed by atoms with van der Waals surface area (Å²) >= 11 is 31.0. The number of ether oxygens (including phenoxy) is 2. The highest BCUT2D eigenvalue weighted by Crippen LogP contribution is 2.46. The first kappa shape index (κ1) is 20.1. The molecule has 0 amide bonds. The third-order valence-corrected chi connectivity index (χ3v) is 5.26. The number of benzene rings is 3. The molecule has 0 unspecified atom stereocenters. The number of rotatable bonds is 4. The second-order valence-electron chi connectivity index (χ2n) is 5.33. The highest BCUT2D eigenvalue weighted by Gasteiger charge is 2.18. The van der Waals surface area contributed by atoms with Gasteiger partial charge in [-0.2, -0.15) is 0 Å². The fourth-order valence-electron chi connectivity index (χ4n) is 2.15. The van der Waals surface area contributed by atoms with Crippen LogP contribution in [0.5, 0.6) is 23.0 Å². The van der Waals surface area contributed by atoms with E-state index in [-0.39, 0.29) is 48.1 Å². The summed E-state index contributed by atoms with van der Waals surface area (Å²) in [5.41, 5.74) is 12.2. The lowest BCUT2D eigenvalue weighted by Gasteiger charge is -2.15. The first-order chi connectivity index (χ1) is 12.8. The van der Waals surface area contributed by atoms with E-state index in [4.69, 9.17) is 78.9 Å². The molecule has 27 heavy (non-hydrogen) atoms. The molecule has 0 aliphatic carbocycles. The Morgan fingerprint density at radius 2 is 0.963 bits per heavy atom. The van der Waals surface area contributed by atoms with E-state index in [1.54, 1.807) is 42.5 Å². The number of hydrogen-bond donors (Lipinski definition) is 2. The molecule has 0 atom stereocenters. The van der Waals surface area contributed by atoms with Gasteiger partial charge in [0.15, 0.2) is 11.5 Å². The van der Waals surface area contributed by atoms with E-state index in [0.29, 0.717) is 11.4 Å². The number of nitrogen functional groups attached to an aromatic ring is 2. The summed E-state index contributed by atoms with van der Waals surface area (Å²) in [6, 6.07) is 11.2. The standard InChI is InChI=1S/C18H11Cl5N2O2/c19-8-4-6-10(24)14(21)17(8)26-12-2-1-3-13(16(12)23)27-18-9(20)5-7-11(25)15(18)22/h1-7H,24-25H2. The maximum absolute atomic E-state index is 6.41. The highest BCUT2D eigenvalue weighted by molar-refractivity contribution is 6.39. The van der Waals surface area contributed by atoms with Crippen molar-refractivity contribution in [3.8, 4) is 23.0 Å². The van der Waals surface area contributed by atoms with Crippen LogP contribution in [-0.2, 0) is 0 Å². The largest absolute Gasteiger partial charge is 0.452 e. The zero-order valence-electron chi connectivity index (χ0n) is 13.4. The molecule has 3 aromatic carbocycles. The van der Waals surface area contributed by atoms with Crippen molar-refractivity contribution in [2.75, 3.05) is 11.5 Å². The van der Waals surface area contributed by atoms with Gasteiger partial charge in [0.1, 0.15) is 26.6 Å². The van der Waals surface area contributed by atoms with Gasteiger partial charge in [0.25, 0.3) is 0 Å². The molecule has 4 N–H and O–H groups in total. The second kappa shape index (κ2) is 8.13. The van der Waals surface area contributed by atoms with Crippen LogP contribution in [-0.4, -0.2) is 0 Å². The Morgan fingerprint density at radius 1 is 0.556 bits per heavy atom. The predicted molar refractivity (Wildman–Crippen MR) is 113 cm³/mol. The molecule has 0 fully saturated rings. The normalized spacial score (nSPS) is 10.7. The monoisotopic (exact) mass is 462 g/mol. The van der Waals surface area contributed by atoms with Crippen molar-refractivity contribution < 1.29 is 9.47 Å². The minimum absolute atomic E-state index is 0.154. The average molecular weight is 465 g/mol. The smallest absolute Gasteiger partial charge is 0.166 e. The molecule has 4 nitrogen and oxygen atoms in total. The summed E-state index contributed by atoms with van der Waals surface area (Å²) in [5, 5.41) is 1.05. The lowest BCUT2D eigenvalue weighted by Crippen LogP contribution is -1.95. The SMILES string of the molecule is Nc1ccc(Cl)c(Oc2cccc(Oc3c(Cl)ccc(N)c3Cl)c2Cl)c1Cl. The van der Waals surface area contributed by atoms with Crippen LogP contribution in [0, 0.1) is 0 Å². The third-order valence-electron chi connectivity index (χ3n) is 3.51. The van der Waals surface area contributed by atoms with E-state index in [0.717, 1.165) is 0 Å². The molecular weight excluding hydrogens is 453 g/mol. The first-order valence-electron chi connectivity index (χ1n) is 7.40. The fourth-order valence-corrected chi connectivity index (χ4v) is 3.25. The molecule has 0 heterocycles. The van der Waals surface area contributed by atoms with Gasteiger partial charge in [-0.1, -0.05) is 64.1 Å². The number of halogens is 5. The van der Waals surface area contributed by atoms with E-state index < -0.39 is 0 Å². The van der Waals surface area contributed by atoms with Gasteiger partial charge >= 0.3 is 0 Å². The first-order valence-corrected chi connectivity index (χ1v) is 9.29. The summed E-state index contributed by atoms with van der Waals surface area (Å²) in [7, 11) is 0.